The van der Waals surface area contributed by atoms with Gasteiger partial charge in [0.2, 0.25) is 0 Å². The quantitative estimate of drug-likeness (QED) is 0.324. The zero-order valence-electron chi connectivity index (χ0n) is 13.7. The second kappa shape index (κ2) is 11.4. The molecule has 5 heteroatoms. The lowest BCUT2D eigenvalue weighted by Gasteiger charge is -2.07. The summed E-state index contributed by atoms with van der Waals surface area (Å²) in [4.78, 5) is 10.2. The molecule has 130 valence electrons. The van der Waals surface area contributed by atoms with E-state index in [1.54, 1.807) is 18.2 Å². The van der Waals surface area contributed by atoms with Crippen LogP contribution in [0.3, 0.4) is 0 Å². The molecule has 0 saturated carbocycles. The van der Waals surface area contributed by atoms with Crippen molar-refractivity contribution in [3.63, 3.8) is 0 Å². The molecule has 1 rings (SSSR count). The van der Waals surface area contributed by atoms with Gasteiger partial charge >= 0.3 is 0 Å². The fraction of sp³-hybridized carbons (Fsp3) is 0.611. The number of aldehydes is 1. The van der Waals surface area contributed by atoms with Crippen LogP contribution in [0, 0.1) is 0 Å². The van der Waals surface area contributed by atoms with E-state index in [1.807, 2.05) is 0 Å². The van der Waals surface area contributed by atoms with Gasteiger partial charge in [-0.25, -0.2) is 0 Å². The summed E-state index contributed by atoms with van der Waals surface area (Å²) in [7, 11) is -4.12. The highest BCUT2D eigenvalue weighted by Gasteiger charge is 2.13. The van der Waals surface area contributed by atoms with Crippen LogP contribution >= 0.6 is 0 Å². The highest BCUT2D eigenvalue weighted by atomic mass is 32.2. The molecule has 1 aromatic carbocycles. The van der Waals surface area contributed by atoms with Crippen molar-refractivity contribution in [2.24, 2.45) is 0 Å². The van der Waals surface area contributed by atoms with Gasteiger partial charge in [0.1, 0.15) is 6.29 Å². The van der Waals surface area contributed by atoms with Gasteiger partial charge in [-0.15, -0.1) is 0 Å². The average molecular weight is 340 g/mol. The van der Waals surface area contributed by atoms with Gasteiger partial charge in [-0.1, -0.05) is 63.1 Å². The normalized spacial score (nSPS) is 11.5. The molecule has 0 radical (unpaired) electrons. The first-order valence-corrected chi connectivity index (χ1v) is 9.98. The maximum Gasteiger partial charge on any atom is 0.294 e. The standard InChI is InChI=1S/C18H28O4S/c19-16-12-8-6-4-2-1-3-5-7-9-13-17-14-10-11-15-18(17)23(20,21)22/h10-11,14-16H,1-9,12-13H2,(H,20,21,22). The van der Waals surface area contributed by atoms with Crippen LogP contribution in [-0.4, -0.2) is 19.3 Å². The third kappa shape index (κ3) is 8.86. The van der Waals surface area contributed by atoms with E-state index in [4.69, 9.17) is 0 Å². The van der Waals surface area contributed by atoms with E-state index in [0.717, 1.165) is 38.4 Å². The van der Waals surface area contributed by atoms with Gasteiger partial charge in [0.25, 0.3) is 10.1 Å². The second-order valence-electron chi connectivity index (χ2n) is 5.97. The molecule has 0 spiro atoms. The van der Waals surface area contributed by atoms with Crippen LogP contribution in [0.2, 0.25) is 0 Å². The maximum atomic E-state index is 11.3. The van der Waals surface area contributed by atoms with Gasteiger partial charge in [-0.3, -0.25) is 4.55 Å². The van der Waals surface area contributed by atoms with Crippen LogP contribution in [0.25, 0.3) is 0 Å². The molecule has 0 aliphatic carbocycles. The highest BCUT2D eigenvalue weighted by molar-refractivity contribution is 7.85. The number of carbonyl (C=O) groups is 1. The smallest absolute Gasteiger partial charge is 0.294 e. The number of aryl methyl sites for hydroxylation is 1. The number of hydrogen-bond donors (Lipinski definition) is 1. The topological polar surface area (TPSA) is 71.4 Å². The summed E-state index contributed by atoms with van der Waals surface area (Å²) in [5, 5.41) is 0. The number of benzene rings is 1. The van der Waals surface area contributed by atoms with Crippen molar-refractivity contribution >= 4 is 16.4 Å². The minimum atomic E-state index is -4.12. The van der Waals surface area contributed by atoms with Crippen molar-refractivity contribution in [3.05, 3.63) is 29.8 Å². The van der Waals surface area contributed by atoms with Gasteiger partial charge in [0.15, 0.2) is 0 Å². The third-order valence-corrected chi connectivity index (χ3v) is 4.97. The Labute approximate surface area is 140 Å². The van der Waals surface area contributed by atoms with E-state index in [2.05, 4.69) is 0 Å². The van der Waals surface area contributed by atoms with E-state index in [9.17, 15) is 17.8 Å². The second-order valence-corrected chi connectivity index (χ2v) is 7.36. The Hall–Kier alpha value is -1.20. The number of rotatable bonds is 13. The zero-order valence-corrected chi connectivity index (χ0v) is 14.6. The Morgan fingerprint density at radius 1 is 0.826 bits per heavy atom. The zero-order chi connectivity index (χ0) is 17.0. The highest BCUT2D eigenvalue weighted by Crippen LogP contribution is 2.18. The Bertz CT molecular complexity index is 552. The first-order valence-electron chi connectivity index (χ1n) is 8.54. The molecule has 0 saturated heterocycles. The first kappa shape index (κ1) is 19.8. The van der Waals surface area contributed by atoms with Crippen molar-refractivity contribution in [2.75, 3.05) is 0 Å². The van der Waals surface area contributed by atoms with Gasteiger partial charge < -0.3 is 4.79 Å². The fourth-order valence-corrected chi connectivity index (χ4v) is 3.49. The molecule has 23 heavy (non-hydrogen) atoms. The lowest BCUT2D eigenvalue weighted by molar-refractivity contribution is -0.107. The van der Waals surface area contributed by atoms with E-state index in [0.29, 0.717) is 18.4 Å². The summed E-state index contributed by atoms with van der Waals surface area (Å²) in [5.74, 6) is 0. The van der Waals surface area contributed by atoms with Gasteiger partial charge in [-0.2, -0.15) is 8.42 Å². The van der Waals surface area contributed by atoms with Crippen molar-refractivity contribution in [1.29, 1.82) is 0 Å². The molecule has 0 unspecified atom stereocenters. The molecular weight excluding hydrogens is 312 g/mol. The van der Waals surface area contributed by atoms with Crippen molar-refractivity contribution < 1.29 is 17.8 Å². The van der Waals surface area contributed by atoms with Crippen LogP contribution in [0.4, 0.5) is 0 Å². The van der Waals surface area contributed by atoms with E-state index >= 15 is 0 Å². The van der Waals surface area contributed by atoms with E-state index in [-0.39, 0.29) is 4.90 Å². The SMILES string of the molecule is O=CCCCCCCCCCCCc1ccccc1S(=O)(=O)O. The monoisotopic (exact) mass is 340 g/mol. The van der Waals surface area contributed by atoms with Crippen LogP contribution < -0.4 is 0 Å². The molecule has 0 heterocycles. The van der Waals surface area contributed by atoms with Crippen LogP contribution in [-0.2, 0) is 21.3 Å². The fourth-order valence-electron chi connectivity index (χ4n) is 2.74. The summed E-state index contributed by atoms with van der Waals surface area (Å²) in [5.41, 5.74) is 0.699. The van der Waals surface area contributed by atoms with Crippen LogP contribution in [0.5, 0.6) is 0 Å². The molecule has 0 fully saturated rings. The maximum absolute atomic E-state index is 11.3. The van der Waals surface area contributed by atoms with Crippen LogP contribution in [0.1, 0.15) is 69.8 Å². The molecule has 0 aromatic heterocycles. The Morgan fingerprint density at radius 2 is 1.35 bits per heavy atom. The predicted molar refractivity (Wildman–Crippen MR) is 92.2 cm³/mol. The van der Waals surface area contributed by atoms with Gasteiger partial charge in [0.05, 0.1) is 4.90 Å². The minimum Gasteiger partial charge on any atom is -0.303 e. The molecule has 0 amide bonds. The first-order chi connectivity index (χ1) is 11.1. The predicted octanol–water partition coefficient (Wildman–Crippen LogP) is 4.58. The van der Waals surface area contributed by atoms with Crippen molar-refractivity contribution in [2.45, 2.75) is 75.5 Å². The van der Waals surface area contributed by atoms with Gasteiger partial charge in [-0.05, 0) is 30.9 Å². The number of carbonyl (C=O) groups excluding carboxylic acids is 1. The molecule has 0 aliphatic rings. The molecule has 4 nitrogen and oxygen atoms in total. The lowest BCUT2D eigenvalue weighted by Crippen LogP contribution is -2.03. The Balaban J connectivity index is 2.11. The van der Waals surface area contributed by atoms with Crippen LogP contribution in [0.15, 0.2) is 29.2 Å². The van der Waals surface area contributed by atoms with E-state index in [1.165, 1.54) is 31.7 Å². The molecule has 0 aliphatic heterocycles. The summed E-state index contributed by atoms with van der Waals surface area (Å²) in [6, 6.07) is 6.65. The summed E-state index contributed by atoms with van der Waals surface area (Å²) >= 11 is 0. The number of hydrogen-bond acceptors (Lipinski definition) is 3. The minimum absolute atomic E-state index is 0.0373. The summed E-state index contributed by atoms with van der Waals surface area (Å²) in [6.45, 7) is 0. The van der Waals surface area contributed by atoms with Crippen molar-refractivity contribution in [3.8, 4) is 0 Å². The largest absolute Gasteiger partial charge is 0.303 e. The third-order valence-electron chi connectivity index (χ3n) is 4.02. The number of unbranched alkanes of at least 4 members (excludes halogenated alkanes) is 9. The Morgan fingerprint density at radius 3 is 1.91 bits per heavy atom. The molecule has 1 N–H and O–H groups in total. The molecule has 1 aromatic rings. The van der Waals surface area contributed by atoms with Gasteiger partial charge in [0, 0.05) is 6.42 Å². The summed E-state index contributed by atoms with van der Waals surface area (Å²) < 4.78 is 31.8. The molecule has 0 bridgehead atoms. The Kier molecular flexibility index (Phi) is 9.80. The average Bonchev–Trinajstić information content (AvgIpc) is 2.52. The van der Waals surface area contributed by atoms with E-state index < -0.39 is 10.1 Å². The lowest BCUT2D eigenvalue weighted by atomic mass is 10.0. The summed E-state index contributed by atoms with van der Waals surface area (Å²) in [6.07, 6.45) is 12.5. The molecular formula is C18H28O4S. The molecule has 0 atom stereocenters. The van der Waals surface area contributed by atoms with Crippen molar-refractivity contribution in [1.82, 2.24) is 0 Å².